The zero-order chi connectivity index (χ0) is 19.9. The molecule has 29 heavy (non-hydrogen) atoms. The van der Waals surface area contributed by atoms with Gasteiger partial charge < -0.3 is 19.4 Å². The van der Waals surface area contributed by atoms with Crippen LogP contribution in [-0.2, 0) is 22.5 Å². The summed E-state index contributed by atoms with van der Waals surface area (Å²) in [7, 11) is 0. The van der Waals surface area contributed by atoms with Crippen LogP contribution in [0.4, 0.5) is 5.69 Å². The van der Waals surface area contributed by atoms with Crippen molar-refractivity contribution in [2.75, 3.05) is 25.1 Å². The first-order valence-corrected chi connectivity index (χ1v) is 10.00. The van der Waals surface area contributed by atoms with Gasteiger partial charge in [0, 0.05) is 30.4 Å². The van der Waals surface area contributed by atoms with E-state index in [0.29, 0.717) is 13.2 Å². The molecule has 150 valence electrons. The maximum atomic E-state index is 12.2. The molecule has 0 aliphatic carbocycles. The number of imidazole rings is 1. The Kier molecular flexibility index (Phi) is 6.22. The highest BCUT2D eigenvalue weighted by Gasteiger charge is 2.13. The summed E-state index contributed by atoms with van der Waals surface area (Å²) in [6.07, 6.45) is 5.53. The van der Waals surface area contributed by atoms with Crippen molar-refractivity contribution in [3.63, 3.8) is 0 Å². The number of benzene rings is 2. The highest BCUT2D eigenvalue weighted by Crippen LogP contribution is 2.24. The highest BCUT2D eigenvalue weighted by molar-refractivity contribution is 5.92. The number of carbonyl (C=O) groups is 1. The van der Waals surface area contributed by atoms with Crippen LogP contribution < -0.4 is 10.1 Å². The summed E-state index contributed by atoms with van der Waals surface area (Å²) >= 11 is 0. The van der Waals surface area contributed by atoms with Gasteiger partial charge in [0.25, 0.3) is 0 Å². The Bertz CT molecular complexity index is 930. The van der Waals surface area contributed by atoms with Crippen LogP contribution in [0, 0.1) is 0 Å². The number of ether oxygens (including phenoxy) is 2. The van der Waals surface area contributed by atoms with Gasteiger partial charge in [0.2, 0.25) is 5.91 Å². The van der Waals surface area contributed by atoms with E-state index < -0.39 is 0 Å². The lowest BCUT2D eigenvalue weighted by Gasteiger charge is -2.11. The number of nitrogens with zero attached hydrogens (tertiary/aromatic N) is 2. The molecule has 0 fully saturated rings. The molecule has 1 N–H and O–H groups in total. The third-order valence-electron chi connectivity index (χ3n) is 4.82. The minimum absolute atomic E-state index is 0.0127. The second-order valence-corrected chi connectivity index (χ2v) is 7.04. The molecule has 4 rings (SSSR count). The molecule has 2 heterocycles. The van der Waals surface area contributed by atoms with Crippen molar-refractivity contribution in [1.29, 1.82) is 0 Å². The van der Waals surface area contributed by atoms with E-state index in [9.17, 15) is 4.79 Å². The van der Waals surface area contributed by atoms with Gasteiger partial charge in [-0.25, -0.2) is 4.98 Å². The molecule has 6 nitrogen and oxygen atoms in total. The molecule has 0 spiro atoms. The Balaban J connectivity index is 1.25. The van der Waals surface area contributed by atoms with Gasteiger partial charge >= 0.3 is 0 Å². The molecule has 1 aliphatic heterocycles. The van der Waals surface area contributed by atoms with Crippen LogP contribution in [0.2, 0.25) is 0 Å². The quantitative estimate of drug-likeness (QED) is 0.591. The van der Waals surface area contributed by atoms with Gasteiger partial charge in [0.05, 0.1) is 12.3 Å². The maximum Gasteiger partial charge on any atom is 0.250 e. The van der Waals surface area contributed by atoms with Gasteiger partial charge in [-0.1, -0.05) is 30.3 Å². The Hall–Kier alpha value is -3.12. The summed E-state index contributed by atoms with van der Waals surface area (Å²) in [5.74, 6) is 1.75. The molecule has 2 aromatic carbocycles. The molecule has 6 heteroatoms. The van der Waals surface area contributed by atoms with Crippen LogP contribution in [0.3, 0.4) is 0 Å². The topological polar surface area (TPSA) is 65.4 Å². The van der Waals surface area contributed by atoms with Crippen LogP contribution in [-0.4, -0.2) is 35.3 Å². The molecule has 1 amide bonds. The number of hydrogen-bond acceptors (Lipinski definition) is 4. The van der Waals surface area contributed by atoms with Crippen molar-refractivity contribution in [1.82, 2.24) is 9.55 Å². The van der Waals surface area contributed by atoms with Crippen molar-refractivity contribution in [3.8, 4) is 17.0 Å². The predicted molar refractivity (Wildman–Crippen MR) is 112 cm³/mol. The average Bonchev–Trinajstić information content (AvgIpc) is 3.19. The molecule has 3 aromatic rings. The third-order valence-corrected chi connectivity index (χ3v) is 4.82. The summed E-state index contributed by atoms with van der Waals surface area (Å²) in [5, 5.41) is 2.88. The second kappa shape index (κ2) is 9.39. The second-order valence-electron chi connectivity index (χ2n) is 7.04. The van der Waals surface area contributed by atoms with Crippen molar-refractivity contribution in [2.45, 2.75) is 25.8 Å². The minimum Gasteiger partial charge on any atom is -0.491 e. The number of anilines is 1. The molecular weight excluding hydrogens is 366 g/mol. The zero-order valence-electron chi connectivity index (χ0n) is 16.3. The van der Waals surface area contributed by atoms with E-state index in [4.69, 9.17) is 14.5 Å². The number of aromatic nitrogens is 2. The van der Waals surface area contributed by atoms with Crippen molar-refractivity contribution >= 4 is 11.6 Å². The lowest BCUT2D eigenvalue weighted by atomic mass is 10.1. The molecule has 0 radical (unpaired) electrons. The monoisotopic (exact) mass is 391 g/mol. The zero-order valence-corrected chi connectivity index (χ0v) is 16.3. The summed E-state index contributed by atoms with van der Waals surface area (Å²) < 4.78 is 13.2. The molecule has 0 atom stereocenters. The SMILES string of the molecule is O=C(COCCOc1ccccc1)Nc1cccc(-c2cn3c(n2)CCCC3)c1. The Labute approximate surface area is 170 Å². The molecular formula is C23H25N3O3. The van der Waals surface area contributed by atoms with E-state index in [-0.39, 0.29) is 12.5 Å². The van der Waals surface area contributed by atoms with Crippen molar-refractivity contribution in [2.24, 2.45) is 0 Å². The first kappa shape index (κ1) is 19.2. The van der Waals surface area contributed by atoms with Crippen molar-refractivity contribution in [3.05, 3.63) is 66.6 Å². The van der Waals surface area contributed by atoms with Gasteiger partial charge in [-0.15, -0.1) is 0 Å². The molecule has 1 aliphatic rings. The largest absolute Gasteiger partial charge is 0.491 e. The highest BCUT2D eigenvalue weighted by atomic mass is 16.5. The number of aryl methyl sites for hydroxylation is 2. The Morgan fingerprint density at radius 3 is 2.83 bits per heavy atom. The third kappa shape index (κ3) is 5.23. The number of para-hydroxylation sites is 1. The van der Waals surface area contributed by atoms with E-state index in [1.54, 1.807) is 0 Å². The van der Waals surface area contributed by atoms with Gasteiger partial charge in [0.1, 0.15) is 24.8 Å². The maximum absolute atomic E-state index is 12.2. The Morgan fingerprint density at radius 1 is 1.07 bits per heavy atom. The number of fused-ring (bicyclic) bond motifs is 1. The number of hydrogen-bond donors (Lipinski definition) is 1. The minimum atomic E-state index is -0.189. The summed E-state index contributed by atoms with van der Waals surface area (Å²) in [5.41, 5.74) is 2.69. The van der Waals surface area contributed by atoms with Crippen LogP contribution in [0.1, 0.15) is 18.7 Å². The number of rotatable bonds is 8. The summed E-state index contributed by atoms with van der Waals surface area (Å²) in [4.78, 5) is 16.9. The van der Waals surface area contributed by atoms with Crippen LogP contribution in [0.5, 0.6) is 5.75 Å². The fraction of sp³-hybridized carbons (Fsp3) is 0.304. The van der Waals surface area contributed by atoms with E-state index in [1.165, 1.54) is 12.8 Å². The van der Waals surface area contributed by atoms with Gasteiger partial charge in [-0.05, 0) is 37.1 Å². The summed E-state index contributed by atoms with van der Waals surface area (Å²) in [6.45, 7) is 1.77. The van der Waals surface area contributed by atoms with E-state index in [1.807, 2.05) is 54.6 Å². The molecule has 0 saturated carbocycles. The fourth-order valence-corrected chi connectivity index (χ4v) is 3.41. The molecule has 0 bridgehead atoms. The van der Waals surface area contributed by atoms with Crippen LogP contribution in [0.15, 0.2) is 60.8 Å². The number of carbonyl (C=O) groups excluding carboxylic acids is 1. The van der Waals surface area contributed by atoms with Gasteiger partial charge in [-0.2, -0.15) is 0 Å². The molecule has 1 aromatic heterocycles. The van der Waals surface area contributed by atoms with E-state index >= 15 is 0 Å². The number of amides is 1. The standard InChI is InChI=1S/C23H25N3O3/c27-23(17-28-13-14-29-20-9-2-1-3-10-20)24-19-8-6-7-18(15-19)21-16-26-12-5-4-11-22(26)25-21/h1-3,6-10,15-16H,4-5,11-14,17H2,(H,24,27). The summed E-state index contributed by atoms with van der Waals surface area (Å²) in [6, 6.07) is 17.3. The van der Waals surface area contributed by atoms with E-state index in [0.717, 1.165) is 41.5 Å². The van der Waals surface area contributed by atoms with E-state index in [2.05, 4.69) is 16.1 Å². The van der Waals surface area contributed by atoms with Crippen molar-refractivity contribution < 1.29 is 14.3 Å². The first-order chi connectivity index (χ1) is 14.3. The fourth-order valence-electron chi connectivity index (χ4n) is 3.41. The van der Waals surface area contributed by atoms with Crippen LogP contribution >= 0.6 is 0 Å². The lowest BCUT2D eigenvalue weighted by molar-refractivity contribution is -0.120. The molecule has 0 unspecified atom stereocenters. The van der Waals surface area contributed by atoms with Gasteiger partial charge in [-0.3, -0.25) is 4.79 Å². The van der Waals surface area contributed by atoms with Gasteiger partial charge in [0.15, 0.2) is 0 Å². The molecule has 0 saturated heterocycles. The van der Waals surface area contributed by atoms with Crippen LogP contribution in [0.25, 0.3) is 11.3 Å². The average molecular weight is 391 g/mol. The Morgan fingerprint density at radius 2 is 1.97 bits per heavy atom. The predicted octanol–water partition coefficient (Wildman–Crippen LogP) is 3.92. The first-order valence-electron chi connectivity index (χ1n) is 10.00. The normalized spacial score (nSPS) is 13.0. The number of nitrogens with one attached hydrogen (secondary N) is 1. The smallest absolute Gasteiger partial charge is 0.250 e. The lowest BCUT2D eigenvalue weighted by Crippen LogP contribution is -2.20.